The minimum Gasteiger partial charge on any atom is -0.481 e. The number of aliphatic carboxylic acids is 1. The predicted molar refractivity (Wildman–Crippen MR) is 40.5 cm³/mol. The van der Waals surface area contributed by atoms with Gasteiger partial charge in [-0.3, -0.25) is 4.79 Å². The first-order valence-electron chi connectivity index (χ1n) is 3.09. The Balaban J connectivity index is 0.000000810. The Morgan fingerprint density at radius 3 is 2.50 bits per heavy atom. The number of nitrogens with one attached hydrogen (secondary N) is 1. The highest BCUT2D eigenvalue weighted by Crippen LogP contribution is 2.23. The van der Waals surface area contributed by atoms with E-state index in [9.17, 15) is 4.79 Å². The Hall–Kier alpha value is -0.280. The molecule has 1 rings (SSSR count). The Labute approximate surface area is 66.2 Å². The van der Waals surface area contributed by atoms with Crippen molar-refractivity contribution < 1.29 is 9.90 Å². The minimum absolute atomic E-state index is 0. The number of hydrogen-bond donors (Lipinski definition) is 2. The van der Waals surface area contributed by atoms with Crippen LogP contribution in [-0.4, -0.2) is 24.2 Å². The van der Waals surface area contributed by atoms with Crippen molar-refractivity contribution in [3.05, 3.63) is 0 Å². The lowest BCUT2D eigenvalue weighted by atomic mass is 9.90. The minimum atomic E-state index is -0.688. The van der Waals surface area contributed by atoms with Crippen LogP contribution in [0.5, 0.6) is 0 Å². The molecule has 0 spiro atoms. The number of halogens is 1. The van der Waals surface area contributed by atoms with Gasteiger partial charge in [0, 0.05) is 6.54 Å². The van der Waals surface area contributed by atoms with Crippen molar-refractivity contribution in [2.75, 3.05) is 13.1 Å². The summed E-state index contributed by atoms with van der Waals surface area (Å²) in [6.45, 7) is 3.22. The Kier molecular flexibility index (Phi) is 3.12. The van der Waals surface area contributed by atoms with Gasteiger partial charge in [0.1, 0.15) is 0 Å². The quantitative estimate of drug-likeness (QED) is 0.595. The Bertz CT molecular complexity index is 132. The van der Waals surface area contributed by atoms with E-state index < -0.39 is 11.4 Å². The zero-order chi connectivity index (χ0) is 6.91. The summed E-state index contributed by atoms with van der Waals surface area (Å²) in [6, 6.07) is 0. The van der Waals surface area contributed by atoms with Crippen LogP contribution in [-0.2, 0) is 4.79 Å². The van der Waals surface area contributed by atoms with Crippen LogP contribution in [0, 0.1) is 5.41 Å². The third kappa shape index (κ3) is 1.61. The van der Waals surface area contributed by atoms with Gasteiger partial charge in [-0.05, 0) is 19.9 Å². The zero-order valence-electron chi connectivity index (χ0n) is 5.89. The molecule has 1 atom stereocenters. The Morgan fingerprint density at radius 1 is 1.70 bits per heavy atom. The van der Waals surface area contributed by atoms with E-state index in [0.717, 1.165) is 13.0 Å². The van der Waals surface area contributed by atoms with Crippen molar-refractivity contribution >= 4 is 18.4 Å². The van der Waals surface area contributed by atoms with Gasteiger partial charge in [0.05, 0.1) is 5.41 Å². The molecule has 0 aromatic rings. The largest absolute Gasteiger partial charge is 0.481 e. The summed E-state index contributed by atoms with van der Waals surface area (Å²) in [7, 11) is 0. The van der Waals surface area contributed by atoms with Gasteiger partial charge in [-0.15, -0.1) is 12.4 Å². The van der Waals surface area contributed by atoms with Crippen LogP contribution in [0.2, 0.25) is 0 Å². The molecular formula is C6H12ClNO2. The fourth-order valence-corrected chi connectivity index (χ4v) is 0.999. The number of rotatable bonds is 1. The topological polar surface area (TPSA) is 49.3 Å². The molecule has 0 amide bonds. The predicted octanol–water partition coefficient (Wildman–Crippen LogP) is 0.492. The first-order valence-corrected chi connectivity index (χ1v) is 3.09. The Morgan fingerprint density at radius 2 is 2.30 bits per heavy atom. The standard InChI is InChI=1S/C6H11NO2.ClH/c1-6(5(8)9)2-3-7-4-6;/h7H,2-4H2,1H3,(H,8,9);1H/t6-;/m0./s1. The van der Waals surface area contributed by atoms with Gasteiger partial charge in [-0.25, -0.2) is 0 Å². The summed E-state index contributed by atoms with van der Waals surface area (Å²) in [5.74, 6) is -0.688. The van der Waals surface area contributed by atoms with E-state index in [4.69, 9.17) is 5.11 Å². The monoisotopic (exact) mass is 165 g/mol. The highest BCUT2D eigenvalue weighted by atomic mass is 35.5. The molecular weight excluding hydrogens is 154 g/mol. The summed E-state index contributed by atoms with van der Waals surface area (Å²) in [6.07, 6.45) is 0.752. The van der Waals surface area contributed by atoms with Crippen molar-refractivity contribution in [1.29, 1.82) is 0 Å². The lowest BCUT2D eigenvalue weighted by Gasteiger charge is -2.14. The summed E-state index contributed by atoms with van der Waals surface area (Å²) < 4.78 is 0. The van der Waals surface area contributed by atoms with Crippen LogP contribution in [0.3, 0.4) is 0 Å². The first-order chi connectivity index (χ1) is 4.15. The van der Waals surface area contributed by atoms with Crippen molar-refractivity contribution in [3.8, 4) is 0 Å². The van der Waals surface area contributed by atoms with E-state index in [1.54, 1.807) is 6.92 Å². The van der Waals surface area contributed by atoms with Gasteiger partial charge in [-0.2, -0.15) is 0 Å². The molecule has 60 valence electrons. The molecule has 0 radical (unpaired) electrons. The van der Waals surface area contributed by atoms with Crippen LogP contribution in [0.15, 0.2) is 0 Å². The normalized spacial score (nSPS) is 31.3. The van der Waals surface area contributed by atoms with E-state index in [1.807, 2.05) is 0 Å². The average Bonchev–Trinajstić information content (AvgIpc) is 2.16. The fourth-order valence-electron chi connectivity index (χ4n) is 0.999. The number of carbonyl (C=O) groups is 1. The smallest absolute Gasteiger partial charge is 0.310 e. The molecule has 1 saturated heterocycles. The molecule has 0 bridgehead atoms. The number of carboxylic acid groups (broad SMARTS) is 1. The molecule has 0 aliphatic carbocycles. The van der Waals surface area contributed by atoms with Gasteiger partial charge >= 0.3 is 5.97 Å². The molecule has 0 aromatic carbocycles. The van der Waals surface area contributed by atoms with E-state index in [0.29, 0.717) is 6.54 Å². The van der Waals surface area contributed by atoms with E-state index in [2.05, 4.69) is 5.32 Å². The van der Waals surface area contributed by atoms with Crippen molar-refractivity contribution in [2.45, 2.75) is 13.3 Å². The molecule has 2 N–H and O–H groups in total. The maximum Gasteiger partial charge on any atom is 0.310 e. The maximum atomic E-state index is 10.5. The van der Waals surface area contributed by atoms with Crippen LogP contribution < -0.4 is 5.32 Å². The van der Waals surface area contributed by atoms with Gasteiger partial charge in [0.25, 0.3) is 0 Å². The second-order valence-corrected chi connectivity index (χ2v) is 2.79. The van der Waals surface area contributed by atoms with Gasteiger partial charge in [0.2, 0.25) is 0 Å². The molecule has 1 heterocycles. The van der Waals surface area contributed by atoms with Crippen molar-refractivity contribution in [3.63, 3.8) is 0 Å². The summed E-state index contributed by atoms with van der Waals surface area (Å²) >= 11 is 0. The highest BCUT2D eigenvalue weighted by molar-refractivity contribution is 5.85. The molecule has 1 aliphatic rings. The second-order valence-electron chi connectivity index (χ2n) is 2.79. The SMILES string of the molecule is C[C@]1(C(=O)O)CCNC1.Cl. The zero-order valence-corrected chi connectivity index (χ0v) is 6.70. The number of hydrogen-bond acceptors (Lipinski definition) is 2. The molecule has 3 nitrogen and oxygen atoms in total. The third-order valence-electron chi connectivity index (χ3n) is 1.89. The molecule has 0 unspecified atom stereocenters. The first kappa shape index (κ1) is 9.72. The molecule has 10 heavy (non-hydrogen) atoms. The van der Waals surface area contributed by atoms with Crippen molar-refractivity contribution in [1.82, 2.24) is 5.32 Å². The van der Waals surface area contributed by atoms with Gasteiger partial charge < -0.3 is 10.4 Å². The fraction of sp³-hybridized carbons (Fsp3) is 0.833. The summed E-state index contributed by atoms with van der Waals surface area (Å²) in [4.78, 5) is 10.5. The van der Waals surface area contributed by atoms with Crippen molar-refractivity contribution in [2.24, 2.45) is 5.41 Å². The molecule has 1 aliphatic heterocycles. The maximum absolute atomic E-state index is 10.5. The third-order valence-corrected chi connectivity index (χ3v) is 1.89. The van der Waals surface area contributed by atoms with Crippen LogP contribution in [0.25, 0.3) is 0 Å². The summed E-state index contributed by atoms with van der Waals surface area (Å²) in [5, 5.41) is 11.6. The lowest BCUT2D eigenvalue weighted by Crippen LogP contribution is -2.29. The van der Waals surface area contributed by atoms with Gasteiger partial charge in [0.15, 0.2) is 0 Å². The van der Waals surface area contributed by atoms with E-state index in [-0.39, 0.29) is 12.4 Å². The van der Waals surface area contributed by atoms with E-state index >= 15 is 0 Å². The second kappa shape index (κ2) is 3.21. The number of carboxylic acids is 1. The van der Waals surface area contributed by atoms with Gasteiger partial charge in [-0.1, -0.05) is 0 Å². The lowest BCUT2D eigenvalue weighted by molar-refractivity contribution is -0.146. The van der Waals surface area contributed by atoms with E-state index in [1.165, 1.54) is 0 Å². The highest BCUT2D eigenvalue weighted by Gasteiger charge is 2.35. The van der Waals surface area contributed by atoms with Crippen LogP contribution in [0.1, 0.15) is 13.3 Å². The van der Waals surface area contributed by atoms with Crippen LogP contribution in [0.4, 0.5) is 0 Å². The van der Waals surface area contributed by atoms with Crippen LogP contribution >= 0.6 is 12.4 Å². The molecule has 0 aromatic heterocycles. The summed E-state index contributed by atoms with van der Waals surface area (Å²) in [5.41, 5.74) is -0.500. The molecule has 4 heteroatoms. The molecule has 0 saturated carbocycles. The average molecular weight is 166 g/mol. The molecule has 1 fully saturated rings.